The minimum absolute atomic E-state index is 0.0566. The van der Waals surface area contributed by atoms with Crippen LogP contribution in [0, 0.1) is 20.8 Å². The Balaban J connectivity index is 2.12. The summed E-state index contributed by atoms with van der Waals surface area (Å²) in [5.41, 5.74) is 4.35. The minimum atomic E-state index is -0.441. The first-order valence-corrected chi connectivity index (χ1v) is 6.83. The lowest BCUT2D eigenvalue weighted by Crippen LogP contribution is -2.07. The summed E-state index contributed by atoms with van der Waals surface area (Å²) >= 11 is 0. The number of aromatic amines is 1. The summed E-state index contributed by atoms with van der Waals surface area (Å²) in [6, 6.07) is 7.80. The molecule has 0 aliphatic carbocycles. The molecular weight excluding hydrogens is 266 g/mol. The number of hydrogen-bond acceptors (Lipinski definition) is 3. The van der Waals surface area contributed by atoms with Gasteiger partial charge in [-0.1, -0.05) is 29.8 Å². The van der Waals surface area contributed by atoms with Crippen molar-refractivity contribution in [3.63, 3.8) is 0 Å². The van der Waals surface area contributed by atoms with Gasteiger partial charge in [0, 0.05) is 11.3 Å². The lowest BCUT2D eigenvalue weighted by atomic mass is 10.1. The number of rotatable bonds is 4. The first kappa shape index (κ1) is 15.0. The molecule has 0 spiro atoms. The summed E-state index contributed by atoms with van der Waals surface area (Å²) in [5, 5.41) is 0. The Labute approximate surface area is 124 Å². The molecule has 1 N–H and O–H groups in total. The summed E-state index contributed by atoms with van der Waals surface area (Å²) in [4.78, 5) is 26.6. The molecule has 2 rings (SSSR count). The molecule has 4 nitrogen and oxygen atoms in total. The smallest absolute Gasteiger partial charge is 0.355 e. The summed E-state index contributed by atoms with van der Waals surface area (Å²) < 4.78 is 5.30. The van der Waals surface area contributed by atoms with Crippen molar-refractivity contribution in [2.45, 2.75) is 34.3 Å². The zero-order valence-electron chi connectivity index (χ0n) is 12.7. The fourth-order valence-corrected chi connectivity index (χ4v) is 2.39. The maximum atomic E-state index is 12.1. The van der Waals surface area contributed by atoms with E-state index < -0.39 is 5.97 Å². The summed E-state index contributed by atoms with van der Waals surface area (Å²) in [6.45, 7) is 7.24. The molecule has 0 aliphatic rings. The molecule has 0 amide bonds. The molecule has 110 valence electrons. The van der Waals surface area contributed by atoms with Crippen LogP contribution < -0.4 is 0 Å². The fourth-order valence-electron chi connectivity index (χ4n) is 2.39. The van der Waals surface area contributed by atoms with Gasteiger partial charge >= 0.3 is 5.97 Å². The first-order valence-electron chi connectivity index (χ1n) is 6.83. The Morgan fingerprint density at radius 3 is 2.24 bits per heavy atom. The second kappa shape index (κ2) is 5.95. The van der Waals surface area contributed by atoms with Crippen molar-refractivity contribution in [3.05, 3.63) is 57.9 Å². The number of H-pyrrole nitrogens is 1. The van der Waals surface area contributed by atoms with E-state index in [1.165, 1.54) is 6.92 Å². The quantitative estimate of drug-likeness (QED) is 0.691. The Hall–Kier alpha value is -2.36. The van der Waals surface area contributed by atoms with Crippen LogP contribution in [0.2, 0.25) is 0 Å². The average Bonchev–Trinajstić information content (AvgIpc) is 2.73. The van der Waals surface area contributed by atoms with Crippen LogP contribution in [0.4, 0.5) is 0 Å². The number of aromatic nitrogens is 1. The second-order valence-corrected chi connectivity index (χ2v) is 5.24. The van der Waals surface area contributed by atoms with Crippen molar-refractivity contribution < 1.29 is 14.3 Å². The topological polar surface area (TPSA) is 59.2 Å². The van der Waals surface area contributed by atoms with Gasteiger partial charge < -0.3 is 9.72 Å². The van der Waals surface area contributed by atoms with E-state index in [0.717, 1.165) is 11.1 Å². The third-order valence-corrected chi connectivity index (χ3v) is 3.48. The first-order chi connectivity index (χ1) is 9.90. The van der Waals surface area contributed by atoms with Gasteiger partial charge in [-0.3, -0.25) is 4.79 Å². The van der Waals surface area contributed by atoms with Gasteiger partial charge in [-0.25, -0.2) is 4.79 Å². The molecule has 21 heavy (non-hydrogen) atoms. The highest BCUT2D eigenvalue weighted by molar-refractivity contribution is 6.01. The standard InChI is InChI=1S/C17H19NO3/c1-10-5-7-14(8-6-10)9-21-17(20)16-11(2)15(13(4)19)12(3)18-16/h5-8,18H,9H2,1-4H3. The predicted molar refractivity (Wildman–Crippen MR) is 80.6 cm³/mol. The van der Waals surface area contributed by atoms with Gasteiger partial charge in [0.15, 0.2) is 5.78 Å². The van der Waals surface area contributed by atoms with E-state index in [4.69, 9.17) is 4.74 Å². The third kappa shape index (κ3) is 3.21. The molecule has 0 atom stereocenters. The number of nitrogens with one attached hydrogen (secondary N) is 1. The van der Waals surface area contributed by atoms with Crippen LogP contribution in [0.1, 0.15) is 50.2 Å². The monoisotopic (exact) mass is 285 g/mol. The van der Waals surface area contributed by atoms with E-state index in [-0.39, 0.29) is 12.4 Å². The zero-order valence-corrected chi connectivity index (χ0v) is 12.7. The molecule has 4 heteroatoms. The number of hydrogen-bond donors (Lipinski definition) is 1. The van der Waals surface area contributed by atoms with E-state index in [0.29, 0.717) is 22.5 Å². The lowest BCUT2D eigenvalue weighted by Gasteiger charge is -2.05. The van der Waals surface area contributed by atoms with Crippen molar-refractivity contribution in [2.75, 3.05) is 0 Å². The van der Waals surface area contributed by atoms with Gasteiger partial charge in [-0.15, -0.1) is 0 Å². The van der Waals surface area contributed by atoms with Gasteiger partial charge in [0.25, 0.3) is 0 Å². The molecule has 1 heterocycles. The van der Waals surface area contributed by atoms with Crippen LogP contribution in [0.25, 0.3) is 0 Å². The van der Waals surface area contributed by atoms with Crippen molar-refractivity contribution in [1.29, 1.82) is 0 Å². The van der Waals surface area contributed by atoms with Crippen molar-refractivity contribution in [3.8, 4) is 0 Å². The summed E-state index contributed by atoms with van der Waals surface area (Å²) in [6.07, 6.45) is 0. The summed E-state index contributed by atoms with van der Waals surface area (Å²) in [7, 11) is 0. The highest BCUT2D eigenvalue weighted by Crippen LogP contribution is 2.19. The fraction of sp³-hybridized carbons (Fsp3) is 0.294. The Morgan fingerprint density at radius 1 is 1.10 bits per heavy atom. The molecular formula is C17H19NO3. The van der Waals surface area contributed by atoms with Crippen LogP contribution in [0.5, 0.6) is 0 Å². The van der Waals surface area contributed by atoms with Crippen LogP contribution in [-0.2, 0) is 11.3 Å². The highest BCUT2D eigenvalue weighted by atomic mass is 16.5. The van der Waals surface area contributed by atoms with E-state index in [1.807, 2.05) is 31.2 Å². The number of carbonyl (C=O) groups excluding carboxylic acids is 2. The van der Waals surface area contributed by atoms with Gasteiger partial charge in [0.2, 0.25) is 0 Å². The number of ketones is 1. The van der Waals surface area contributed by atoms with Crippen molar-refractivity contribution in [2.24, 2.45) is 0 Å². The van der Waals surface area contributed by atoms with Crippen LogP contribution in [0.15, 0.2) is 24.3 Å². The molecule has 0 unspecified atom stereocenters. The zero-order chi connectivity index (χ0) is 15.6. The molecule has 0 bridgehead atoms. The molecule has 0 saturated heterocycles. The Bertz CT molecular complexity index is 681. The Morgan fingerprint density at radius 2 is 1.71 bits per heavy atom. The third-order valence-electron chi connectivity index (χ3n) is 3.48. The number of esters is 1. The lowest BCUT2D eigenvalue weighted by molar-refractivity contribution is 0.0465. The number of carbonyl (C=O) groups is 2. The highest BCUT2D eigenvalue weighted by Gasteiger charge is 2.20. The Kier molecular flexibility index (Phi) is 4.26. The average molecular weight is 285 g/mol. The van der Waals surface area contributed by atoms with Gasteiger partial charge in [-0.2, -0.15) is 0 Å². The molecule has 1 aromatic heterocycles. The van der Waals surface area contributed by atoms with E-state index in [1.54, 1.807) is 13.8 Å². The van der Waals surface area contributed by atoms with Crippen LogP contribution in [0.3, 0.4) is 0 Å². The summed E-state index contributed by atoms with van der Waals surface area (Å²) in [5.74, 6) is -0.498. The van der Waals surface area contributed by atoms with Gasteiger partial charge in [0.1, 0.15) is 12.3 Å². The number of Topliss-reactive ketones (excluding diaryl/α,β-unsaturated/α-hetero) is 1. The van der Waals surface area contributed by atoms with Crippen molar-refractivity contribution in [1.82, 2.24) is 4.98 Å². The second-order valence-electron chi connectivity index (χ2n) is 5.24. The largest absolute Gasteiger partial charge is 0.456 e. The maximum absolute atomic E-state index is 12.1. The number of aryl methyl sites for hydroxylation is 2. The molecule has 0 radical (unpaired) electrons. The van der Waals surface area contributed by atoms with E-state index in [2.05, 4.69) is 4.98 Å². The number of benzene rings is 1. The van der Waals surface area contributed by atoms with E-state index in [9.17, 15) is 9.59 Å². The molecule has 0 saturated carbocycles. The molecule has 0 fully saturated rings. The maximum Gasteiger partial charge on any atom is 0.355 e. The molecule has 1 aromatic carbocycles. The van der Waals surface area contributed by atoms with Gasteiger partial charge in [-0.05, 0) is 38.8 Å². The van der Waals surface area contributed by atoms with E-state index >= 15 is 0 Å². The normalized spacial score (nSPS) is 10.5. The predicted octanol–water partition coefficient (Wildman–Crippen LogP) is 3.50. The SMILES string of the molecule is CC(=O)c1c(C)[nH]c(C(=O)OCc2ccc(C)cc2)c1C. The minimum Gasteiger partial charge on any atom is -0.456 e. The van der Waals surface area contributed by atoms with Crippen LogP contribution in [-0.4, -0.2) is 16.7 Å². The molecule has 0 aliphatic heterocycles. The van der Waals surface area contributed by atoms with Gasteiger partial charge in [0.05, 0.1) is 0 Å². The molecule has 2 aromatic rings. The van der Waals surface area contributed by atoms with Crippen LogP contribution >= 0.6 is 0 Å². The van der Waals surface area contributed by atoms with Crippen molar-refractivity contribution >= 4 is 11.8 Å². The number of ether oxygens (including phenoxy) is 1.